The number of carbonyl (C=O) groups is 2. The number of hydrogen-bond donors (Lipinski definition) is 2. The Morgan fingerprint density at radius 3 is 2.45 bits per heavy atom. The van der Waals surface area contributed by atoms with E-state index < -0.39 is 12.1 Å². The monoisotopic (exact) mass is 343 g/mol. The second-order valence-electron chi connectivity index (χ2n) is 5.45. The van der Waals surface area contributed by atoms with Crippen molar-refractivity contribution >= 4 is 27.8 Å². The molecule has 0 saturated carbocycles. The molecule has 1 rings (SSSR count). The minimum atomic E-state index is -1.06. The third-order valence-electron chi connectivity index (χ3n) is 2.35. The van der Waals surface area contributed by atoms with Gasteiger partial charge in [-0.3, -0.25) is 4.79 Å². The zero-order chi connectivity index (χ0) is 15.5. The van der Waals surface area contributed by atoms with Crippen molar-refractivity contribution in [2.24, 2.45) is 0 Å². The smallest absolute Gasteiger partial charge is 0.336 e. The van der Waals surface area contributed by atoms with Gasteiger partial charge in [0, 0.05) is 10.0 Å². The summed E-state index contributed by atoms with van der Waals surface area (Å²) in [5.41, 5.74) is -0.258. The van der Waals surface area contributed by atoms with E-state index in [1.165, 1.54) is 6.07 Å². The summed E-state index contributed by atoms with van der Waals surface area (Å²) in [5.74, 6) is -0.978. The van der Waals surface area contributed by atoms with Gasteiger partial charge < -0.3 is 15.2 Å². The van der Waals surface area contributed by atoms with Gasteiger partial charge in [0.25, 0.3) is 5.91 Å². The third kappa shape index (κ3) is 4.85. The van der Waals surface area contributed by atoms with Crippen LogP contribution in [0, 0.1) is 0 Å². The van der Waals surface area contributed by atoms with Gasteiger partial charge in [-0.2, -0.15) is 0 Å². The topological polar surface area (TPSA) is 75.6 Å². The Morgan fingerprint density at radius 2 is 1.95 bits per heavy atom. The average molecular weight is 344 g/mol. The van der Waals surface area contributed by atoms with Crippen LogP contribution >= 0.6 is 15.9 Å². The van der Waals surface area contributed by atoms with Crippen molar-refractivity contribution < 1.29 is 19.4 Å². The maximum Gasteiger partial charge on any atom is 0.336 e. The Balaban J connectivity index is 2.81. The van der Waals surface area contributed by atoms with E-state index in [2.05, 4.69) is 21.2 Å². The number of carboxylic acids is 1. The van der Waals surface area contributed by atoms with Gasteiger partial charge in [0.1, 0.15) is 5.75 Å². The fourth-order valence-electron chi connectivity index (χ4n) is 1.47. The van der Waals surface area contributed by atoms with Crippen LogP contribution in [0.5, 0.6) is 5.75 Å². The summed E-state index contributed by atoms with van der Waals surface area (Å²) >= 11 is 3.15. The maximum absolute atomic E-state index is 11.9. The SMILES string of the molecule is CC(Oc1ccc(Br)c(C(=O)O)c1)C(=O)NC(C)(C)C. The molecule has 0 spiro atoms. The first-order chi connectivity index (χ1) is 9.10. The van der Waals surface area contributed by atoms with Crippen LogP contribution in [0.4, 0.5) is 0 Å². The van der Waals surface area contributed by atoms with E-state index >= 15 is 0 Å². The highest BCUT2D eigenvalue weighted by molar-refractivity contribution is 9.10. The Morgan fingerprint density at radius 1 is 1.35 bits per heavy atom. The molecule has 5 nitrogen and oxygen atoms in total. The van der Waals surface area contributed by atoms with Crippen LogP contribution in [0.3, 0.4) is 0 Å². The predicted molar refractivity (Wildman–Crippen MR) is 79.1 cm³/mol. The van der Waals surface area contributed by atoms with Crippen LogP contribution in [0.15, 0.2) is 22.7 Å². The molecule has 0 aliphatic rings. The molecule has 1 aromatic carbocycles. The zero-order valence-corrected chi connectivity index (χ0v) is 13.4. The van der Waals surface area contributed by atoms with Gasteiger partial charge in [-0.15, -0.1) is 0 Å². The quantitative estimate of drug-likeness (QED) is 0.881. The van der Waals surface area contributed by atoms with E-state index in [0.29, 0.717) is 10.2 Å². The fraction of sp³-hybridized carbons (Fsp3) is 0.429. The number of amides is 1. The second-order valence-corrected chi connectivity index (χ2v) is 6.30. The summed E-state index contributed by atoms with van der Waals surface area (Å²) in [6.07, 6.45) is -0.711. The highest BCUT2D eigenvalue weighted by Crippen LogP contribution is 2.23. The van der Waals surface area contributed by atoms with Gasteiger partial charge in [-0.25, -0.2) is 4.79 Å². The van der Waals surface area contributed by atoms with E-state index in [9.17, 15) is 9.59 Å². The van der Waals surface area contributed by atoms with Crippen molar-refractivity contribution in [3.8, 4) is 5.75 Å². The van der Waals surface area contributed by atoms with Crippen LogP contribution in [0.25, 0.3) is 0 Å². The van der Waals surface area contributed by atoms with Crippen LogP contribution < -0.4 is 10.1 Å². The standard InChI is InChI=1S/C14H18BrNO4/c1-8(12(17)16-14(2,3)4)20-9-5-6-11(15)10(7-9)13(18)19/h5-8H,1-4H3,(H,16,17)(H,18,19). The summed E-state index contributed by atoms with van der Waals surface area (Å²) in [6.45, 7) is 7.24. The molecule has 110 valence electrons. The van der Waals surface area contributed by atoms with E-state index in [1.807, 2.05) is 20.8 Å². The van der Waals surface area contributed by atoms with E-state index in [-0.39, 0.29) is 17.0 Å². The largest absolute Gasteiger partial charge is 0.481 e. The molecule has 0 heterocycles. The molecule has 1 atom stereocenters. The lowest BCUT2D eigenvalue weighted by atomic mass is 10.1. The fourth-order valence-corrected chi connectivity index (χ4v) is 1.89. The predicted octanol–water partition coefficient (Wildman–Crippen LogP) is 2.83. The summed E-state index contributed by atoms with van der Waals surface area (Å²) < 4.78 is 5.93. The van der Waals surface area contributed by atoms with Gasteiger partial charge in [-0.1, -0.05) is 0 Å². The molecule has 20 heavy (non-hydrogen) atoms. The number of aromatic carboxylic acids is 1. The van der Waals surface area contributed by atoms with Gasteiger partial charge >= 0.3 is 5.97 Å². The molecule has 0 aromatic heterocycles. The Labute approximate surface area is 126 Å². The first-order valence-electron chi connectivity index (χ1n) is 6.11. The molecule has 2 N–H and O–H groups in total. The first kappa shape index (κ1) is 16.5. The second kappa shape index (κ2) is 6.26. The molecule has 0 aliphatic heterocycles. The molecule has 0 radical (unpaired) electrons. The molecular formula is C14H18BrNO4. The molecule has 0 saturated heterocycles. The van der Waals surface area contributed by atoms with Crippen LogP contribution in [0.2, 0.25) is 0 Å². The number of hydrogen-bond acceptors (Lipinski definition) is 3. The highest BCUT2D eigenvalue weighted by atomic mass is 79.9. The highest BCUT2D eigenvalue weighted by Gasteiger charge is 2.21. The van der Waals surface area contributed by atoms with E-state index in [0.717, 1.165) is 0 Å². The van der Waals surface area contributed by atoms with Crippen molar-refractivity contribution in [2.45, 2.75) is 39.3 Å². The number of ether oxygens (including phenoxy) is 1. The summed E-state index contributed by atoms with van der Waals surface area (Å²) in [4.78, 5) is 22.9. The molecule has 0 aliphatic carbocycles. The first-order valence-corrected chi connectivity index (χ1v) is 6.91. The number of rotatable bonds is 4. The number of carboxylic acid groups (broad SMARTS) is 1. The maximum atomic E-state index is 11.9. The van der Waals surface area contributed by atoms with Crippen molar-refractivity contribution in [1.29, 1.82) is 0 Å². The minimum absolute atomic E-state index is 0.0888. The van der Waals surface area contributed by atoms with Crippen molar-refractivity contribution in [3.05, 3.63) is 28.2 Å². The van der Waals surface area contributed by atoms with Gasteiger partial charge in [0.05, 0.1) is 5.56 Å². The number of carbonyl (C=O) groups excluding carboxylic acids is 1. The number of nitrogens with one attached hydrogen (secondary N) is 1. The van der Waals surface area contributed by atoms with E-state index in [1.54, 1.807) is 19.1 Å². The van der Waals surface area contributed by atoms with Crippen LogP contribution in [-0.4, -0.2) is 28.6 Å². The average Bonchev–Trinajstić information content (AvgIpc) is 2.28. The van der Waals surface area contributed by atoms with Gasteiger partial charge in [0.2, 0.25) is 0 Å². The normalized spacial score (nSPS) is 12.7. The van der Waals surface area contributed by atoms with E-state index in [4.69, 9.17) is 9.84 Å². The summed E-state index contributed by atoms with van der Waals surface area (Å²) in [7, 11) is 0. The Kier molecular flexibility index (Phi) is 5.16. The molecule has 1 aromatic rings. The lowest BCUT2D eigenvalue weighted by Crippen LogP contribution is -2.46. The number of halogens is 1. The lowest BCUT2D eigenvalue weighted by Gasteiger charge is -2.23. The third-order valence-corrected chi connectivity index (χ3v) is 3.04. The Bertz CT molecular complexity index is 522. The molecule has 0 fully saturated rings. The zero-order valence-electron chi connectivity index (χ0n) is 11.9. The van der Waals surface area contributed by atoms with Gasteiger partial charge in [0.15, 0.2) is 6.10 Å². The van der Waals surface area contributed by atoms with Crippen molar-refractivity contribution in [2.75, 3.05) is 0 Å². The Hall–Kier alpha value is -1.56. The lowest BCUT2D eigenvalue weighted by molar-refractivity contribution is -0.128. The molecule has 6 heteroatoms. The molecular weight excluding hydrogens is 326 g/mol. The molecule has 1 unspecified atom stereocenters. The molecule has 1 amide bonds. The van der Waals surface area contributed by atoms with Crippen LogP contribution in [0.1, 0.15) is 38.1 Å². The van der Waals surface area contributed by atoms with Crippen molar-refractivity contribution in [3.63, 3.8) is 0 Å². The van der Waals surface area contributed by atoms with Crippen molar-refractivity contribution in [1.82, 2.24) is 5.32 Å². The minimum Gasteiger partial charge on any atom is -0.481 e. The summed E-state index contributed by atoms with van der Waals surface area (Å²) in [5, 5.41) is 11.8. The molecule has 0 bridgehead atoms. The number of benzene rings is 1. The summed E-state index contributed by atoms with van der Waals surface area (Å²) in [6, 6.07) is 4.57. The van der Waals surface area contributed by atoms with Gasteiger partial charge in [-0.05, 0) is 61.8 Å². The van der Waals surface area contributed by atoms with Crippen LogP contribution in [-0.2, 0) is 4.79 Å².